The monoisotopic (exact) mass is 332 g/mol. The average Bonchev–Trinajstić information content (AvgIpc) is 3.13. The third-order valence-electron chi connectivity index (χ3n) is 3.82. The number of amides is 1. The number of aryl methyl sites for hydroxylation is 1. The summed E-state index contributed by atoms with van der Waals surface area (Å²) in [5.41, 5.74) is 0. The molecule has 2 atom stereocenters. The molecule has 1 aliphatic rings. The van der Waals surface area contributed by atoms with E-state index < -0.39 is 0 Å². The molecule has 0 bridgehead atoms. The first kappa shape index (κ1) is 16.2. The largest absolute Gasteiger partial charge is 0.447 e. The van der Waals surface area contributed by atoms with Gasteiger partial charge in [-0.3, -0.25) is 4.90 Å². The number of nitrogens with zero attached hydrogens (tertiary/aromatic N) is 5. The molecule has 0 aliphatic carbocycles. The summed E-state index contributed by atoms with van der Waals surface area (Å²) in [6.07, 6.45) is 1.21. The first-order chi connectivity index (χ1) is 11.5. The Morgan fingerprint density at radius 3 is 2.79 bits per heavy atom. The van der Waals surface area contributed by atoms with Crippen molar-refractivity contribution in [3.63, 3.8) is 0 Å². The lowest BCUT2D eigenvalue weighted by atomic mass is 10.0. The molecule has 9 heteroatoms. The highest BCUT2D eigenvalue weighted by atomic mass is 16.6. The molecule has 2 aromatic heterocycles. The van der Waals surface area contributed by atoms with Crippen LogP contribution in [0.15, 0.2) is 16.7 Å². The van der Waals surface area contributed by atoms with Gasteiger partial charge in [-0.05, 0) is 18.9 Å². The SMILES string of the molecule is Cc1nnc([C@@H](C)Nc2nccc(N3C(=O)OC[C@@H]3C(C)C)n2)o1. The molecule has 0 radical (unpaired) electrons. The van der Waals surface area contributed by atoms with Crippen molar-refractivity contribution in [3.05, 3.63) is 24.0 Å². The Morgan fingerprint density at radius 1 is 1.33 bits per heavy atom. The third kappa shape index (κ3) is 3.15. The normalized spacial score (nSPS) is 18.8. The van der Waals surface area contributed by atoms with Crippen LogP contribution < -0.4 is 10.2 Å². The summed E-state index contributed by atoms with van der Waals surface area (Å²) in [5.74, 6) is 2.07. The standard InChI is InChI=1S/C15H20N6O3/c1-8(2)11-7-23-15(22)21(11)12-5-6-16-14(18-12)17-9(3)13-20-19-10(4)24-13/h5-6,8-9,11H,7H2,1-4H3,(H,16,17,18)/t9-,11-/m1/s1. The summed E-state index contributed by atoms with van der Waals surface area (Å²) >= 11 is 0. The number of nitrogens with one attached hydrogen (secondary N) is 1. The van der Waals surface area contributed by atoms with Gasteiger partial charge >= 0.3 is 6.09 Å². The van der Waals surface area contributed by atoms with Crippen LogP contribution in [0.4, 0.5) is 16.6 Å². The predicted octanol–water partition coefficient (Wildman–Crippen LogP) is 2.32. The smallest absolute Gasteiger partial charge is 0.415 e. The second-order valence-corrected chi connectivity index (χ2v) is 6.02. The molecule has 0 spiro atoms. The molecule has 1 N–H and O–H groups in total. The minimum absolute atomic E-state index is 0.0451. The van der Waals surface area contributed by atoms with Crippen LogP contribution in [-0.2, 0) is 4.74 Å². The third-order valence-corrected chi connectivity index (χ3v) is 3.82. The number of ether oxygens (including phenoxy) is 1. The maximum absolute atomic E-state index is 12.0. The lowest BCUT2D eigenvalue weighted by Crippen LogP contribution is -2.37. The Bertz CT molecular complexity index is 732. The molecule has 3 rings (SSSR count). The number of carbonyl (C=O) groups is 1. The quantitative estimate of drug-likeness (QED) is 0.889. The molecule has 1 amide bonds. The molecule has 2 aromatic rings. The van der Waals surface area contributed by atoms with Gasteiger partial charge in [0.25, 0.3) is 0 Å². The van der Waals surface area contributed by atoms with E-state index in [0.29, 0.717) is 30.2 Å². The summed E-state index contributed by atoms with van der Waals surface area (Å²) in [4.78, 5) is 22.2. The molecule has 1 saturated heterocycles. The van der Waals surface area contributed by atoms with E-state index in [1.54, 1.807) is 24.1 Å². The van der Waals surface area contributed by atoms with E-state index in [0.717, 1.165) is 0 Å². The van der Waals surface area contributed by atoms with Gasteiger partial charge in [0.2, 0.25) is 17.7 Å². The average molecular weight is 332 g/mol. The van der Waals surface area contributed by atoms with Gasteiger partial charge in [-0.25, -0.2) is 9.78 Å². The van der Waals surface area contributed by atoms with Gasteiger partial charge in [0.05, 0.1) is 6.04 Å². The van der Waals surface area contributed by atoms with Gasteiger partial charge in [0, 0.05) is 13.1 Å². The van der Waals surface area contributed by atoms with Crippen molar-refractivity contribution in [3.8, 4) is 0 Å². The fourth-order valence-electron chi connectivity index (χ4n) is 2.49. The summed E-state index contributed by atoms with van der Waals surface area (Å²) in [5, 5.41) is 10.9. The Morgan fingerprint density at radius 2 is 2.12 bits per heavy atom. The van der Waals surface area contributed by atoms with Crippen molar-refractivity contribution < 1.29 is 13.9 Å². The van der Waals surface area contributed by atoms with Crippen LogP contribution in [0.3, 0.4) is 0 Å². The summed E-state index contributed by atoms with van der Waals surface area (Å²) in [6, 6.07) is 1.39. The van der Waals surface area contributed by atoms with Crippen LogP contribution >= 0.6 is 0 Å². The maximum atomic E-state index is 12.0. The summed E-state index contributed by atoms with van der Waals surface area (Å²) in [7, 11) is 0. The van der Waals surface area contributed by atoms with E-state index in [1.165, 1.54) is 0 Å². The molecule has 1 aliphatic heterocycles. The van der Waals surface area contributed by atoms with Gasteiger partial charge in [-0.15, -0.1) is 10.2 Å². The molecule has 128 valence electrons. The van der Waals surface area contributed by atoms with Gasteiger partial charge in [0.1, 0.15) is 18.5 Å². The van der Waals surface area contributed by atoms with E-state index in [9.17, 15) is 4.79 Å². The number of anilines is 2. The van der Waals surface area contributed by atoms with Crippen LogP contribution in [0, 0.1) is 12.8 Å². The second kappa shape index (κ2) is 6.42. The van der Waals surface area contributed by atoms with Gasteiger partial charge < -0.3 is 14.5 Å². The predicted molar refractivity (Wildman–Crippen MR) is 85.6 cm³/mol. The molecule has 24 heavy (non-hydrogen) atoms. The van der Waals surface area contributed by atoms with Crippen LogP contribution in [-0.4, -0.2) is 38.9 Å². The number of carbonyl (C=O) groups excluding carboxylic acids is 1. The Balaban J connectivity index is 1.80. The van der Waals surface area contributed by atoms with Crippen LogP contribution in [0.1, 0.15) is 38.6 Å². The Hall–Kier alpha value is -2.71. The lowest BCUT2D eigenvalue weighted by molar-refractivity contribution is 0.177. The van der Waals surface area contributed by atoms with Gasteiger partial charge in [-0.2, -0.15) is 4.98 Å². The summed E-state index contributed by atoms with van der Waals surface area (Å²) < 4.78 is 10.5. The highest BCUT2D eigenvalue weighted by Gasteiger charge is 2.37. The molecule has 0 unspecified atom stereocenters. The highest BCUT2D eigenvalue weighted by Crippen LogP contribution is 2.26. The molecule has 0 saturated carbocycles. The lowest BCUT2D eigenvalue weighted by Gasteiger charge is -2.23. The first-order valence-electron chi connectivity index (χ1n) is 7.81. The van der Waals surface area contributed by atoms with E-state index in [4.69, 9.17) is 9.15 Å². The zero-order valence-electron chi connectivity index (χ0n) is 14.1. The van der Waals surface area contributed by atoms with Crippen molar-refractivity contribution in [1.82, 2.24) is 20.2 Å². The van der Waals surface area contributed by atoms with E-state index in [-0.39, 0.29) is 24.1 Å². The fraction of sp³-hybridized carbons (Fsp3) is 0.533. The van der Waals surface area contributed by atoms with Crippen molar-refractivity contribution in [1.29, 1.82) is 0 Å². The second-order valence-electron chi connectivity index (χ2n) is 6.02. The number of aromatic nitrogens is 4. The van der Waals surface area contributed by atoms with Crippen molar-refractivity contribution in [2.24, 2.45) is 5.92 Å². The van der Waals surface area contributed by atoms with Gasteiger partial charge in [0.15, 0.2) is 0 Å². The molecular formula is C15H20N6O3. The molecule has 1 fully saturated rings. The maximum Gasteiger partial charge on any atom is 0.415 e. The van der Waals surface area contributed by atoms with E-state index >= 15 is 0 Å². The fourth-order valence-corrected chi connectivity index (χ4v) is 2.49. The highest BCUT2D eigenvalue weighted by molar-refractivity contribution is 5.89. The molecule has 9 nitrogen and oxygen atoms in total. The zero-order valence-corrected chi connectivity index (χ0v) is 14.1. The Labute approximate surface area is 139 Å². The topological polar surface area (TPSA) is 106 Å². The molecule has 0 aromatic carbocycles. The molecule has 3 heterocycles. The van der Waals surface area contributed by atoms with Crippen molar-refractivity contribution >= 4 is 17.9 Å². The summed E-state index contributed by atoms with van der Waals surface area (Å²) in [6.45, 7) is 8.04. The van der Waals surface area contributed by atoms with E-state index in [2.05, 4.69) is 25.5 Å². The number of hydrogen-bond donors (Lipinski definition) is 1. The van der Waals surface area contributed by atoms with Crippen LogP contribution in [0.25, 0.3) is 0 Å². The number of rotatable bonds is 5. The number of cyclic esters (lactones) is 1. The molecular weight excluding hydrogens is 312 g/mol. The Kier molecular flexibility index (Phi) is 4.32. The van der Waals surface area contributed by atoms with E-state index in [1.807, 2.05) is 20.8 Å². The van der Waals surface area contributed by atoms with Crippen molar-refractivity contribution in [2.45, 2.75) is 39.8 Å². The zero-order chi connectivity index (χ0) is 17.3. The first-order valence-corrected chi connectivity index (χ1v) is 7.81. The number of hydrogen-bond acceptors (Lipinski definition) is 8. The van der Waals surface area contributed by atoms with Crippen LogP contribution in [0.2, 0.25) is 0 Å². The minimum atomic E-state index is -0.390. The van der Waals surface area contributed by atoms with Crippen LogP contribution in [0.5, 0.6) is 0 Å². The van der Waals surface area contributed by atoms with Gasteiger partial charge in [-0.1, -0.05) is 13.8 Å². The van der Waals surface area contributed by atoms with Crippen molar-refractivity contribution in [2.75, 3.05) is 16.8 Å². The minimum Gasteiger partial charge on any atom is -0.447 e.